The fourth-order valence-electron chi connectivity index (χ4n) is 1.39. The highest BCUT2D eigenvalue weighted by Gasteiger charge is 2.10. The molecule has 0 radical (unpaired) electrons. The number of rotatable bonds is 5. The van der Waals surface area contributed by atoms with Crippen LogP contribution in [0.1, 0.15) is 30.1 Å². The highest BCUT2D eigenvalue weighted by molar-refractivity contribution is 14.1. The summed E-state index contributed by atoms with van der Waals surface area (Å²) < 4.78 is 6.22. The summed E-state index contributed by atoms with van der Waals surface area (Å²) in [5, 5.41) is 0. The molecule has 0 aromatic heterocycles. The lowest BCUT2D eigenvalue weighted by Gasteiger charge is -2.15. The van der Waals surface area contributed by atoms with E-state index in [4.69, 9.17) is 4.74 Å². The number of unbranched alkanes of at least 4 members (excludes halogenated alkanes) is 1. The normalized spacial score (nSPS) is 10.1. The van der Waals surface area contributed by atoms with Gasteiger partial charge in [-0.2, -0.15) is 0 Å². The van der Waals surface area contributed by atoms with Crippen molar-refractivity contribution >= 4 is 34.2 Å². The minimum Gasteiger partial charge on any atom is -0.462 e. The van der Waals surface area contributed by atoms with Gasteiger partial charge in [0.15, 0.2) is 0 Å². The number of nitrogens with zero attached hydrogens (tertiary/aromatic N) is 1. The molecule has 0 saturated carbocycles. The Morgan fingerprint density at radius 1 is 1.41 bits per heavy atom. The Hall–Kier alpha value is -0.780. The number of benzene rings is 1. The molecule has 1 aromatic rings. The van der Waals surface area contributed by atoms with Gasteiger partial charge in [-0.05, 0) is 47.2 Å². The zero-order valence-electron chi connectivity index (χ0n) is 10.5. The first-order valence-electron chi connectivity index (χ1n) is 5.70. The maximum atomic E-state index is 11.7. The Bertz CT molecular complexity index is 391. The van der Waals surface area contributed by atoms with E-state index in [9.17, 15) is 4.79 Å². The second kappa shape index (κ2) is 6.83. The van der Waals surface area contributed by atoms with Crippen molar-refractivity contribution in [1.29, 1.82) is 0 Å². The Morgan fingerprint density at radius 2 is 2.12 bits per heavy atom. The lowest BCUT2D eigenvalue weighted by molar-refractivity contribution is 0.0499. The summed E-state index contributed by atoms with van der Waals surface area (Å²) in [7, 11) is 3.97. The fourth-order valence-corrected chi connectivity index (χ4v) is 2.39. The van der Waals surface area contributed by atoms with Crippen LogP contribution in [0.5, 0.6) is 0 Å². The van der Waals surface area contributed by atoms with Crippen molar-refractivity contribution in [3.05, 3.63) is 27.3 Å². The summed E-state index contributed by atoms with van der Waals surface area (Å²) in [4.78, 5) is 13.7. The molecular weight excluding hydrogens is 329 g/mol. The van der Waals surface area contributed by atoms with E-state index in [-0.39, 0.29) is 5.97 Å². The first-order valence-corrected chi connectivity index (χ1v) is 6.78. The molecule has 0 bridgehead atoms. The molecule has 0 amide bonds. The van der Waals surface area contributed by atoms with Gasteiger partial charge in [0.2, 0.25) is 0 Å². The molecule has 17 heavy (non-hydrogen) atoms. The second-order valence-electron chi connectivity index (χ2n) is 4.05. The second-order valence-corrected chi connectivity index (χ2v) is 5.21. The van der Waals surface area contributed by atoms with Crippen LogP contribution in [0, 0.1) is 3.57 Å². The molecule has 0 fully saturated rings. The summed E-state index contributed by atoms with van der Waals surface area (Å²) in [5.74, 6) is -0.235. The van der Waals surface area contributed by atoms with Crippen LogP contribution >= 0.6 is 22.6 Å². The highest BCUT2D eigenvalue weighted by atomic mass is 127. The van der Waals surface area contributed by atoms with Gasteiger partial charge in [0, 0.05) is 23.4 Å². The Morgan fingerprint density at radius 3 is 2.65 bits per heavy atom. The minimum absolute atomic E-state index is 0.235. The molecular formula is C13H18INO2. The van der Waals surface area contributed by atoms with Crippen molar-refractivity contribution in [1.82, 2.24) is 0 Å². The van der Waals surface area contributed by atoms with Crippen LogP contribution in [-0.4, -0.2) is 26.7 Å². The van der Waals surface area contributed by atoms with Crippen molar-refractivity contribution in [3.63, 3.8) is 0 Å². The lowest BCUT2D eigenvalue weighted by atomic mass is 10.2. The van der Waals surface area contributed by atoms with E-state index in [2.05, 4.69) is 29.5 Å². The summed E-state index contributed by atoms with van der Waals surface area (Å²) >= 11 is 2.23. The third kappa shape index (κ3) is 4.18. The molecule has 4 heteroatoms. The summed E-state index contributed by atoms with van der Waals surface area (Å²) in [5.41, 5.74) is 1.73. The van der Waals surface area contributed by atoms with Crippen molar-refractivity contribution in [2.24, 2.45) is 0 Å². The van der Waals surface area contributed by atoms with E-state index in [1.807, 2.05) is 37.2 Å². The Labute approximate surface area is 116 Å². The molecule has 0 aliphatic heterocycles. The number of hydrogen-bond donors (Lipinski definition) is 0. The van der Waals surface area contributed by atoms with E-state index in [1.54, 1.807) is 0 Å². The number of hydrogen-bond acceptors (Lipinski definition) is 3. The summed E-state index contributed by atoms with van der Waals surface area (Å²) in [6.07, 6.45) is 1.95. The largest absolute Gasteiger partial charge is 0.462 e. The van der Waals surface area contributed by atoms with Gasteiger partial charge < -0.3 is 9.64 Å². The van der Waals surface area contributed by atoms with Crippen LogP contribution < -0.4 is 4.90 Å². The molecule has 1 rings (SSSR count). The van der Waals surface area contributed by atoms with E-state index in [0.29, 0.717) is 12.2 Å². The molecule has 0 saturated heterocycles. The molecule has 94 valence electrons. The highest BCUT2D eigenvalue weighted by Crippen LogP contribution is 2.22. The maximum Gasteiger partial charge on any atom is 0.338 e. The van der Waals surface area contributed by atoms with Crippen LogP contribution in [0.3, 0.4) is 0 Å². The molecule has 0 spiro atoms. The average molecular weight is 347 g/mol. The van der Waals surface area contributed by atoms with Crippen LogP contribution in [0.4, 0.5) is 5.69 Å². The number of carbonyl (C=O) groups is 1. The van der Waals surface area contributed by atoms with Crippen LogP contribution in [0.25, 0.3) is 0 Å². The van der Waals surface area contributed by atoms with Gasteiger partial charge in [0.05, 0.1) is 12.2 Å². The van der Waals surface area contributed by atoms with E-state index in [0.717, 1.165) is 22.1 Å². The van der Waals surface area contributed by atoms with Crippen molar-refractivity contribution in [2.45, 2.75) is 19.8 Å². The van der Waals surface area contributed by atoms with Gasteiger partial charge in [0.1, 0.15) is 0 Å². The molecule has 0 atom stereocenters. The molecule has 1 aromatic carbocycles. The average Bonchev–Trinajstić information content (AvgIpc) is 2.28. The van der Waals surface area contributed by atoms with Crippen molar-refractivity contribution < 1.29 is 9.53 Å². The summed E-state index contributed by atoms with van der Waals surface area (Å²) in [6, 6.07) is 5.62. The third-order valence-corrected chi connectivity index (χ3v) is 3.26. The third-order valence-electron chi connectivity index (χ3n) is 2.40. The molecule has 0 N–H and O–H groups in total. The monoisotopic (exact) mass is 347 g/mol. The standard InChI is InChI=1S/C13H18INO2/c1-4-5-8-17-13(16)10-6-7-12(15(2)3)11(14)9-10/h6-7,9H,4-5,8H2,1-3H3. The van der Waals surface area contributed by atoms with Crippen molar-refractivity contribution in [3.8, 4) is 0 Å². The number of esters is 1. The van der Waals surface area contributed by atoms with Crippen LogP contribution in [0.15, 0.2) is 18.2 Å². The summed E-state index contributed by atoms with van der Waals surface area (Å²) in [6.45, 7) is 2.57. The predicted molar refractivity (Wildman–Crippen MR) is 78.7 cm³/mol. The molecule has 0 unspecified atom stereocenters. The zero-order chi connectivity index (χ0) is 12.8. The molecule has 0 aliphatic rings. The van der Waals surface area contributed by atoms with Gasteiger partial charge >= 0.3 is 5.97 Å². The van der Waals surface area contributed by atoms with Crippen molar-refractivity contribution in [2.75, 3.05) is 25.6 Å². The van der Waals surface area contributed by atoms with Gasteiger partial charge in [-0.1, -0.05) is 13.3 Å². The predicted octanol–water partition coefficient (Wildman–Crippen LogP) is 3.31. The van der Waals surface area contributed by atoms with Crippen LogP contribution in [-0.2, 0) is 4.74 Å². The lowest BCUT2D eigenvalue weighted by Crippen LogP contribution is -2.12. The minimum atomic E-state index is -0.235. The van der Waals surface area contributed by atoms with Gasteiger partial charge in [-0.15, -0.1) is 0 Å². The van der Waals surface area contributed by atoms with Crippen LogP contribution in [0.2, 0.25) is 0 Å². The molecule has 0 aliphatic carbocycles. The van der Waals surface area contributed by atoms with Gasteiger partial charge in [-0.25, -0.2) is 4.79 Å². The smallest absolute Gasteiger partial charge is 0.338 e. The molecule has 0 heterocycles. The van der Waals surface area contributed by atoms with Gasteiger partial charge in [0.25, 0.3) is 0 Å². The topological polar surface area (TPSA) is 29.5 Å². The SMILES string of the molecule is CCCCOC(=O)c1ccc(N(C)C)c(I)c1. The number of halogens is 1. The van der Waals surface area contributed by atoms with E-state index >= 15 is 0 Å². The number of anilines is 1. The quantitative estimate of drug-likeness (QED) is 0.465. The Kier molecular flexibility index (Phi) is 5.74. The fraction of sp³-hybridized carbons (Fsp3) is 0.462. The molecule has 3 nitrogen and oxygen atoms in total. The van der Waals surface area contributed by atoms with E-state index < -0.39 is 0 Å². The van der Waals surface area contributed by atoms with E-state index in [1.165, 1.54) is 0 Å². The number of carbonyl (C=O) groups excluding carboxylic acids is 1. The van der Waals surface area contributed by atoms with Gasteiger partial charge in [-0.3, -0.25) is 0 Å². The number of ether oxygens (including phenoxy) is 1. The maximum absolute atomic E-state index is 11.7. The zero-order valence-corrected chi connectivity index (χ0v) is 12.7. The first kappa shape index (κ1) is 14.3. The Balaban J connectivity index is 2.72. The first-order chi connectivity index (χ1) is 8.06.